The summed E-state index contributed by atoms with van der Waals surface area (Å²) in [5.74, 6) is 0.714. The predicted octanol–water partition coefficient (Wildman–Crippen LogP) is 3.44. The van der Waals surface area contributed by atoms with E-state index >= 15 is 0 Å². The molecular formula is C22H25NO6. The number of amides is 1. The fourth-order valence-electron chi connectivity index (χ4n) is 3.34. The number of anilines is 1. The van der Waals surface area contributed by atoms with Gasteiger partial charge in [0.15, 0.2) is 11.5 Å². The number of nitrogens with zero attached hydrogens (tertiary/aromatic N) is 1. The molecule has 0 unspecified atom stereocenters. The first-order valence-electron chi connectivity index (χ1n) is 9.34. The molecule has 0 aliphatic carbocycles. The van der Waals surface area contributed by atoms with Crippen LogP contribution in [-0.2, 0) is 4.79 Å². The highest BCUT2D eigenvalue weighted by Crippen LogP contribution is 2.47. The first-order chi connectivity index (χ1) is 13.9. The van der Waals surface area contributed by atoms with Crippen LogP contribution < -0.4 is 23.8 Å². The number of hydrogen-bond donors (Lipinski definition) is 0. The van der Waals surface area contributed by atoms with Gasteiger partial charge in [-0.1, -0.05) is 26.0 Å². The minimum absolute atomic E-state index is 0.177. The molecule has 0 saturated heterocycles. The van der Waals surface area contributed by atoms with Crippen molar-refractivity contribution in [1.82, 2.24) is 0 Å². The van der Waals surface area contributed by atoms with E-state index in [1.165, 1.54) is 31.8 Å². The van der Waals surface area contributed by atoms with Gasteiger partial charge in [0, 0.05) is 6.07 Å². The van der Waals surface area contributed by atoms with Crippen LogP contribution in [0.3, 0.4) is 0 Å². The Morgan fingerprint density at radius 3 is 2.14 bits per heavy atom. The molecule has 1 heterocycles. The first-order valence-corrected chi connectivity index (χ1v) is 9.34. The van der Waals surface area contributed by atoms with Crippen molar-refractivity contribution in [3.8, 4) is 23.0 Å². The quantitative estimate of drug-likeness (QED) is 0.633. The fraction of sp³-hybridized carbons (Fsp3) is 0.364. The van der Waals surface area contributed by atoms with Gasteiger partial charge in [0.25, 0.3) is 11.7 Å². The van der Waals surface area contributed by atoms with Gasteiger partial charge < -0.3 is 23.8 Å². The van der Waals surface area contributed by atoms with E-state index < -0.39 is 11.7 Å². The Labute approximate surface area is 170 Å². The van der Waals surface area contributed by atoms with Gasteiger partial charge in [-0.25, -0.2) is 0 Å². The zero-order valence-corrected chi connectivity index (χ0v) is 17.3. The SMILES string of the molecule is COc1cc2c(c(OC)c1OC)C(=O)C(=O)N2CCOc1ccc(C(C)C)cc1. The van der Waals surface area contributed by atoms with Crippen molar-refractivity contribution in [2.45, 2.75) is 19.8 Å². The average Bonchev–Trinajstić information content (AvgIpc) is 2.97. The van der Waals surface area contributed by atoms with Crippen LogP contribution in [0.5, 0.6) is 23.0 Å². The number of carbonyl (C=O) groups is 2. The predicted molar refractivity (Wildman–Crippen MR) is 109 cm³/mol. The number of methoxy groups -OCH3 is 3. The summed E-state index contributed by atoms with van der Waals surface area (Å²) in [6.45, 7) is 4.69. The van der Waals surface area contributed by atoms with Gasteiger partial charge in [0.05, 0.1) is 39.1 Å². The Morgan fingerprint density at radius 2 is 1.59 bits per heavy atom. The molecule has 154 valence electrons. The molecule has 3 rings (SSSR count). The van der Waals surface area contributed by atoms with Gasteiger partial charge in [0.1, 0.15) is 12.4 Å². The van der Waals surface area contributed by atoms with Crippen LogP contribution in [0.25, 0.3) is 0 Å². The van der Waals surface area contributed by atoms with Crippen LogP contribution >= 0.6 is 0 Å². The van der Waals surface area contributed by atoms with Gasteiger partial charge >= 0.3 is 0 Å². The molecule has 0 saturated carbocycles. The smallest absolute Gasteiger partial charge is 0.299 e. The van der Waals surface area contributed by atoms with Crippen molar-refractivity contribution in [3.63, 3.8) is 0 Å². The highest BCUT2D eigenvalue weighted by Gasteiger charge is 2.41. The number of hydrogen-bond acceptors (Lipinski definition) is 6. The van der Waals surface area contributed by atoms with Crippen molar-refractivity contribution in [2.75, 3.05) is 39.4 Å². The lowest BCUT2D eigenvalue weighted by Gasteiger charge is -2.19. The minimum Gasteiger partial charge on any atom is -0.493 e. The van der Waals surface area contributed by atoms with Gasteiger partial charge in [-0.3, -0.25) is 9.59 Å². The van der Waals surface area contributed by atoms with Crippen LogP contribution in [0.4, 0.5) is 5.69 Å². The number of ether oxygens (including phenoxy) is 4. The lowest BCUT2D eigenvalue weighted by atomic mass is 10.0. The normalized spacial score (nSPS) is 13.0. The Bertz CT molecular complexity index is 920. The number of rotatable bonds is 8. The molecule has 2 aromatic rings. The van der Waals surface area contributed by atoms with Gasteiger partial charge in [-0.15, -0.1) is 0 Å². The van der Waals surface area contributed by atoms with E-state index in [9.17, 15) is 9.59 Å². The average molecular weight is 399 g/mol. The second-order valence-corrected chi connectivity index (χ2v) is 6.90. The molecule has 0 aromatic heterocycles. The Morgan fingerprint density at radius 1 is 0.931 bits per heavy atom. The van der Waals surface area contributed by atoms with E-state index in [1.54, 1.807) is 6.07 Å². The van der Waals surface area contributed by atoms with E-state index in [0.717, 1.165) is 0 Å². The molecule has 1 aliphatic rings. The number of carbonyl (C=O) groups excluding carboxylic acids is 2. The highest BCUT2D eigenvalue weighted by molar-refractivity contribution is 6.53. The van der Waals surface area contributed by atoms with Crippen molar-refractivity contribution >= 4 is 17.4 Å². The monoisotopic (exact) mass is 399 g/mol. The zero-order valence-electron chi connectivity index (χ0n) is 17.3. The molecule has 1 aliphatic heterocycles. The van der Waals surface area contributed by atoms with Crippen LogP contribution in [0.15, 0.2) is 30.3 Å². The minimum atomic E-state index is -0.640. The molecule has 7 heteroatoms. The molecule has 7 nitrogen and oxygen atoms in total. The summed E-state index contributed by atoms with van der Waals surface area (Å²) in [6.07, 6.45) is 0. The molecule has 2 aromatic carbocycles. The number of Topliss-reactive ketones (excluding diaryl/α,β-unsaturated/α-hetero) is 1. The molecule has 0 spiro atoms. The van der Waals surface area contributed by atoms with Crippen molar-refractivity contribution in [3.05, 3.63) is 41.5 Å². The Kier molecular flexibility index (Phi) is 5.96. The lowest BCUT2D eigenvalue weighted by Crippen LogP contribution is -2.33. The van der Waals surface area contributed by atoms with E-state index in [-0.39, 0.29) is 30.2 Å². The molecule has 0 atom stereocenters. The van der Waals surface area contributed by atoms with Crippen LogP contribution in [0, 0.1) is 0 Å². The van der Waals surface area contributed by atoms with Gasteiger partial charge in [-0.05, 0) is 23.6 Å². The van der Waals surface area contributed by atoms with E-state index in [4.69, 9.17) is 18.9 Å². The molecule has 1 amide bonds. The fourth-order valence-corrected chi connectivity index (χ4v) is 3.34. The Balaban J connectivity index is 1.81. The lowest BCUT2D eigenvalue weighted by molar-refractivity contribution is -0.114. The standard InChI is InChI=1S/C22H25NO6/c1-13(2)14-6-8-15(9-7-14)29-11-10-23-16-12-17(26-3)20(27-4)21(28-5)18(16)19(24)22(23)25/h6-9,12-13H,10-11H2,1-5H3. The van der Waals surface area contributed by atoms with Crippen molar-refractivity contribution in [2.24, 2.45) is 0 Å². The molecule has 0 radical (unpaired) electrons. The second kappa shape index (κ2) is 8.43. The van der Waals surface area contributed by atoms with Gasteiger partial charge in [-0.2, -0.15) is 0 Å². The summed E-state index contributed by atoms with van der Waals surface area (Å²) in [4.78, 5) is 26.5. The highest BCUT2D eigenvalue weighted by atomic mass is 16.5. The molecule has 0 bridgehead atoms. The Hall–Kier alpha value is -3.22. The van der Waals surface area contributed by atoms with Crippen molar-refractivity contribution < 1.29 is 28.5 Å². The summed E-state index contributed by atoms with van der Waals surface area (Å²) in [5.41, 5.74) is 1.82. The van der Waals surface area contributed by atoms with E-state index in [2.05, 4.69) is 13.8 Å². The number of ketones is 1. The maximum atomic E-state index is 12.6. The summed E-state index contributed by atoms with van der Waals surface area (Å²) in [6, 6.07) is 9.44. The van der Waals surface area contributed by atoms with Crippen LogP contribution in [-0.4, -0.2) is 46.2 Å². The summed E-state index contributed by atoms with van der Waals surface area (Å²) in [5, 5.41) is 0. The van der Waals surface area contributed by atoms with Crippen LogP contribution in [0.2, 0.25) is 0 Å². The summed E-state index contributed by atoms with van der Waals surface area (Å²) >= 11 is 0. The molecule has 0 fully saturated rings. The third-order valence-corrected chi connectivity index (χ3v) is 4.90. The topological polar surface area (TPSA) is 74.3 Å². The number of benzene rings is 2. The molecule has 29 heavy (non-hydrogen) atoms. The summed E-state index contributed by atoms with van der Waals surface area (Å²) < 4.78 is 21.8. The largest absolute Gasteiger partial charge is 0.493 e. The van der Waals surface area contributed by atoms with Crippen LogP contribution in [0.1, 0.15) is 35.7 Å². The second-order valence-electron chi connectivity index (χ2n) is 6.90. The van der Waals surface area contributed by atoms with Crippen molar-refractivity contribution in [1.29, 1.82) is 0 Å². The molecular weight excluding hydrogens is 374 g/mol. The third kappa shape index (κ3) is 3.72. The zero-order chi connectivity index (χ0) is 21.1. The maximum absolute atomic E-state index is 12.6. The maximum Gasteiger partial charge on any atom is 0.299 e. The first kappa shape index (κ1) is 20.5. The number of fused-ring (bicyclic) bond motifs is 1. The van der Waals surface area contributed by atoms with E-state index in [0.29, 0.717) is 23.1 Å². The summed E-state index contributed by atoms with van der Waals surface area (Å²) in [7, 11) is 4.35. The third-order valence-electron chi connectivity index (χ3n) is 4.90. The molecule has 0 N–H and O–H groups in total. The van der Waals surface area contributed by atoms with E-state index in [1.807, 2.05) is 24.3 Å². The van der Waals surface area contributed by atoms with Gasteiger partial charge in [0.2, 0.25) is 5.75 Å².